The summed E-state index contributed by atoms with van der Waals surface area (Å²) in [4.78, 5) is 22.8. The maximum atomic E-state index is 12.3. The topological polar surface area (TPSA) is 63.6 Å². The van der Waals surface area contributed by atoms with Crippen molar-refractivity contribution in [2.75, 3.05) is 0 Å². The van der Waals surface area contributed by atoms with E-state index < -0.39 is 5.97 Å². The molecular weight excluding hydrogens is 472 g/mol. The van der Waals surface area contributed by atoms with Crippen LogP contribution in [-0.2, 0) is 14.3 Å². The molecule has 4 nitrogen and oxygen atoms in total. The molecule has 38 heavy (non-hydrogen) atoms. The van der Waals surface area contributed by atoms with E-state index in [1.54, 1.807) is 0 Å². The summed E-state index contributed by atoms with van der Waals surface area (Å²) in [5.41, 5.74) is 0. The van der Waals surface area contributed by atoms with Gasteiger partial charge in [-0.3, -0.25) is 9.59 Å². The summed E-state index contributed by atoms with van der Waals surface area (Å²) in [5, 5.41) is 8.65. The van der Waals surface area contributed by atoms with Crippen LogP contribution in [0.5, 0.6) is 0 Å². The van der Waals surface area contributed by atoms with E-state index in [0.29, 0.717) is 12.8 Å². The van der Waals surface area contributed by atoms with Crippen LogP contribution < -0.4 is 0 Å². The van der Waals surface area contributed by atoms with Crippen molar-refractivity contribution in [3.8, 4) is 0 Å². The second-order valence-corrected chi connectivity index (χ2v) is 11.3. The highest BCUT2D eigenvalue weighted by Gasteiger charge is 2.13. The van der Waals surface area contributed by atoms with Gasteiger partial charge in [0, 0.05) is 12.8 Å². The molecule has 0 aliphatic heterocycles. The Morgan fingerprint density at radius 3 is 1.50 bits per heavy atom. The first-order chi connectivity index (χ1) is 18.6. The van der Waals surface area contributed by atoms with Crippen molar-refractivity contribution in [2.24, 2.45) is 0 Å². The van der Waals surface area contributed by atoms with Gasteiger partial charge in [0.1, 0.15) is 6.10 Å². The zero-order chi connectivity index (χ0) is 27.9. The molecule has 0 rings (SSSR count). The molecule has 0 saturated carbocycles. The minimum atomic E-state index is -0.680. The third-order valence-electron chi connectivity index (χ3n) is 7.47. The summed E-state index contributed by atoms with van der Waals surface area (Å²) >= 11 is 0. The Morgan fingerprint density at radius 1 is 0.553 bits per heavy atom. The largest absolute Gasteiger partial charge is 0.481 e. The molecule has 1 unspecified atom stereocenters. The molecule has 0 aromatic rings. The van der Waals surface area contributed by atoms with E-state index in [-0.39, 0.29) is 12.1 Å². The monoisotopic (exact) mass is 536 g/mol. The first-order valence-electron chi connectivity index (χ1n) is 16.7. The van der Waals surface area contributed by atoms with Crippen molar-refractivity contribution in [3.05, 3.63) is 12.2 Å². The molecule has 4 heteroatoms. The Hall–Kier alpha value is -1.32. The molecule has 224 valence electrons. The van der Waals surface area contributed by atoms with Crippen LogP contribution in [0, 0.1) is 0 Å². The van der Waals surface area contributed by atoms with E-state index in [9.17, 15) is 9.59 Å². The van der Waals surface area contributed by atoms with Crippen molar-refractivity contribution in [1.82, 2.24) is 0 Å². The number of carboxylic acid groups (broad SMARTS) is 1. The summed E-state index contributed by atoms with van der Waals surface area (Å²) < 4.78 is 5.82. The Labute approximate surface area is 236 Å². The van der Waals surface area contributed by atoms with Gasteiger partial charge in [-0.2, -0.15) is 0 Å². The second kappa shape index (κ2) is 30.2. The standard InChI is InChI=1S/C34H64O4/c1-3-5-6-7-8-9-10-11-12-13-14-18-21-24-27-31-34(37)38-32(28-4-2)29-25-22-19-16-15-17-20-23-26-30-33(35)36/h11-12,32H,3-10,13-31H2,1-2H3,(H,35,36)/b12-11-. The molecule has 0 radical (unpaired) electrons. The van der Waals surface area contributed by atoms with Gasteiger partial charge in [-0.05, 0) is 57.8 Å². The predicted octanol–water partition coefficient (Wildman–Crippen LogP) is 11.1. The Morgan fingerprint density at radius 2 is 1.00 bits per heavy atom. The highest BCUT2D eigenvalue weighted by Crippen LogP contribution is 2.17. The van der Waals surface area contributed by atoms with Crippen LogP contribution in [0.25, 0.3) is 0 Å². The molecule has 1 atom stereocenters. The lowest BCUT2D eigenvalue weighted by atomic mass is 10.0. The van der Waals surface area contributed by atoms with Gasteiger partial charge in [0.2, 0.25) is 0 Å². The Balaban J connectivity index is 3.58. The van der Waals surface area contributed by atoms with Gasteiger partial charge in [-0.25, -0.2) is 0 Å². The summed E-state index contributed by atoms with van der Waals surface area (Å²) in [6.07, 6.45) is 35.6. The minimum Gasteiger partial charge on any atom is -0.481 e. The SMILES string of the molecule is CCCCCCCC/C=C\CCCCCCCC(=O)OC(CCC)CCCCCCCCCCCC(=O)O. The zero-order valence-corrected chi connectivity index (χ0v) is 25.5. The minimum absolute atomic E-state index is 0.00368. The van der Waals surface area contributed by atoms with Crippen molar-refractivity contribution in [3.63, 3.8) is 0 Å². The average Bonchev–Trinajstić information content (AvgIpc) is 2.89. The van der Waals surface area contributed by atoms with Crippen LogP contribution in [0.15, 0.2) is 12.2 Å². The van der Waals surface area contributed by atoms with Crippen LogP contribution in [0.3, 0.4) is 0 Å². The number of carboxylic acids is 1. The molecule has 0 saturated heterocycles. The lowest BCUT2D eigenvalue weighted by Gasteiger charge is -2.17. The number of hydrogen-bond donors (Lipinski definition) is 1. The van der Waals surface area contributed by atoms with E-state index in [1.807, 2.05) is 0 Å². The summed E-state index contributed by atoms with van der Waals surface area (Å²) in [5.74, 6) is -0.677. The van der Waals surface area contributed by atoms with Crippen LogP contribution in [-0.4, -0.2) is 23.1 Å². The van der Waals surface area contributed by atoms with E-state index >= 15 is 0 Å². The Bertz CT molecular complexity index is 543. The highest BCUT2D eigenvalue weighted by molar-refractivity contribution is 5.69. The number of unbranched alkanes of at least 4 members (excludes halogenated alkanes) is 19. The van der Waals surface area contributed by atoms with E-state index in [1.165, 1.54) is 103 Å². The number of esters is 1. The van der Waals surface area contributed by atoms with Gasteiger partial charge in [0.25, 0.3) is 0 Å². The maximum absolute atomic E-state index is 12.3. The van der Waals surface area contributed by atoms with Crippen LogP contribution in [0.2, 0.25) is 0 Å². The van der Waals surface area contributed by atoms with Gasteiger partial charge in [-0.15, -0.1) is 0 Å². The number of carbonyl (C=O) groups excluding carboxylic acids is 1. The first-order valence-corrected chi connectivity index (χ1v) is 16.7. The molecule has 0 aliphatic rings. The van der Waals surface area contributed by atoms with Gasteiger partial charge in [0.05, 0.1) is 0 Å². The summed E-state index contributed by atoms with van der Waals surface area (Å²) in [7, 11) is 0. The predicted molar refractivity (Wildman–Crippen MR) is 163 cm³/mol. The summed E-state index contributed by atoms with van der Waals surface area (Å²) in [6, 6.07) is 0. The smallest absolute Gasteiger partial charge is 0.306 e. The van der Waals surface area contributed by atoms with Gasteiger partial charge in [0.15, 0.2) is 0 Å². The Kier molecular flexibility index (Phi) is 29.2. The fraction of sp³-hybridized carbons (Fsp3) is 0.882. The molecule has 0 aromatic carbocycles. The van der Waals surface area contributed by atoms with Crippen molar-refractivity contribution >= 4 is 11.9 Å². The normalized spacial score (nSPS) is 12.3. The highest BCUT2D eigenvalue weighted by atomic mass is 16.5. The van der Waals surface area contributed by atoms with Gasteiger partial charge < -0.3 is 9.84 Å². The molecule has 0 aromatic heterocycles. The van der Waals surface area contributed by atoms with Crippen molar-refractivity contribution < 1.29 is 19.4 Å². The third kappa shape index (κ3) is 29.2. The number of carbonyl (C=O) groups is 2. The lowest BCUT2D eigenvalue weighted by Crippen LogP contribution is -2.18. The van der Waals surface area contributed by atoms with E-state index in [0.717, 1.165) is 57.8 Å². The molecular formula is C34H64O4. The van der Waals surface area contributed by atoms with Crippen LogP contribution >= 0.6 is 0 Å². The molecule has 0 amide bonds. The number of rotatable bonds is 30. The molecule has 0 heterocycles. The summed E-state index contributed by atoms with van der Waals surface area (Å²) in [6.45, 7) is 4.44. The fourth-order valence-corrected chi connectivity index (χ4v) is 5.05. The second-order valence-electron chi connectivity index (χ2n) is 11.3. The van der Waals surface area contributed by atoms with Crippen molar-refractivity contribution in [1.29, 1.82) is 0 Å². The number of aliphatic carboxylic acids is 1. The van der Waals surface area contributed by atoms with Crippen LogP contribution in [0.1, 0.15) is 187 Å². The quantitative estimate of drug-likeness (QED) is 0.0563. The van der Waals surface area contributed by atoms with Gasteiger partial charge >= 0.3 is 11.9 Å². The first kappa shape index (κ1) is 36.7. The van der Waals surface area contributed by atoms with Gasteiger partial charge in [-0.1, -0.05) is 129 Å². The van der Waals surface area contributed by atoms with Crippen molar-refractivity contribution in [2.45, 2.75) is 193 Å². The molecule has 0 spiro atoms. The number of ether oxygens (including phenoxy) is 1. The average molecular weight is 537 g/mol. The fourth-order valence-electron chi connectivity index (χ4n) is 5.05. The molecule has 0 fully saturated rings. The van der Waals surface area contributed by atoms with E-state index in [4.69, 9.17) is 9.84 Å². The van der Waals surface area contributed by atoms with Crippen LogP contribution in [0.4, 0.5) is 0 Å². The number of hydrogen-bond acceptors (Lipinski definition) is 3. The van der Waals surface area contributed by atoms with E-state index in [2.05, 4.69) is 26.0 Å². The third-order valence-corrected chi connectivity index (χ3v) is 7.47. The molecule has 0 bridgehead atoms. The molecule has 1 N–H and O–H groups in total. The lowest BCUT2D eigenvalue weighted by molar-refractivity contribution is -0.150. The maximum Gasteiger partial charge on any atom is 0.306 e. The number of allylic oxidation sites excluding steroid dienone is 2. The zero-order valence-electron chi connectivity index (χ0n) is 25.5. The molecule has 0 aliphatic carbocycles.